The first kappa shape index (κ1) is 19.7. The van der Waals surface area contributed by atoms with Gasteiger partial charge in [0.2, 0.25) is 11.8 Å². The number of hydrogen-bond donors (Lipinski definition) is 1. The highest BCUT2D eigenvalue weighted by atomic mass is 35.5. The first-order valence-corrected chi connectivity index (χ1v) is 8.06. The Balaban J connectivity index is 2.07. The summed E-state index contributed by atoms with van der Waals surface area (Å²) in [7, 11) is 1.46. The summed E-state index contributed by atoms with van der Waals surface area (Å²) in [6.45, 7) is 1.27. The fourth-order valence-corrected chi connectivity index (χ4v) is 2.50. The second-order valence-corrected chi connectivity index (χ2v) is 5.85. The van der Waals surface area contributed by atoms with Crippen molar-refractivity contribution in [1.82, 2.24) is 0 Å². The van der Waals surface area contributed by atoms with Crippen molar-refractivity contribution in [2.45, 2.75) is 13.3 Å². The second kappa shape index (κ2) is 8.62. The van der Waals surface area contributed by atoms with Gasteiger partial charge < -0.3 is 15.0 Å². The first-order chi connectivity index (χ1) is 12.3. The van der Waals surface area contributed by atoms with E-state index < -0.39 is 17.5 Å². The van der Waals surface area contributed by atoms with Crippen LogP contribution in [-0.2, 0) is 9.59 Å². The minimum Gasteiger partial charge on any atom is -0.495 e. The molecule has 0 aliphatic rings. The molecule has 8 heteroatoms. The van der Waals surface area contributed by atoms with Crippen molar-refractivity contribution in [3.05, 3.63) is 53.1 Å². The minimum absolute atomic E-state index is 0.00484. The topological polar surface area (TPSA) is 58.6 Å². The summed E-state index contributed by atoms with van der Waals surface area (Å²) in [4.78, 5) is 25.2. The van der Waals surface area contributed by atoms with Gasteiger partial charge >= 0.3 is 0 Å². The molecule has 0 aliphatic heterocycles. The lowest BCUT2D eigenvalue weighted by Gasteiger charge is -2.21. The monoisotopic (exact) mass is 382 g/mol. The number of amides is 2. The standard InChI is InChI=1S/C18H17ClF2N2O3/c1-11(24)23(13-4-5-14(20)15(21)10-13)8-7-18(25)22-16-9-12(19)3-6-17(16)26-2/h3-6,9-10H,7-8H2,1-2H3,(H,22,25). The lowest BCUT2D eigenvalue weighted by Crippen LogP contribution is -2.32. The molecule has 2 amide bonds. The molecule has 0 aliphatic carbocycles. The van der Waals surface area contributed by atoms with Crippen LogP contribution < -0.4 is 15.0 Å². The third-order valence-corrected chi connectivity index (χ3v) is 3.83. The van der Waals surface area contributed by atoms with E-state index in [1.807, 2.05) is 0 Å². The number of anilines is 2. The van der Waals surface area contributed by atoms with Crippen molar-refractivity contribution in [3.8, 4) is 5.75 Å². The van der Waals surface area contributed by atoms with Gasteiger partial charge in [-0.15, -0.1) is 0 Å². The molecule has 2 aromatic rings. The molecule has 2 rings (SSSR count). The number of carbonyl (C=O) groups excluding carboxylic acids is 2. The van der Waals surface area contributed by atoms with Gasteiger partial charge in [-0.3, -0.25) is 9.59 Å². The molecule has 0 saturated heterocycles. The van der Waals surface area contributed by atoms with Gasteiger partial charge in [-0.2, -0.15) is 0 Å². The molecule has 5 nitrogen and oxygen atoms in total. The van der Waals surface area contributed by atoms with Gasteiger partial charge in [0, 0.05) is 36.7 Å². The zero-order valence-electron chi connectivity index (χ0n) is 14.2. The summed E-state index contributed by atoms with van der Waals surface area (Å²) >= 11 is 5.91. The van der Waals surface area contributed by atoms with Crippen LogP contribution in [0.25, 0.3) is 0 Å². The Bertz CT molecular complexity index is 830. The van der Waals surface area contributed by atoms with E-state index in [2.05, 4.69) is 5.32 Å². The van der Waals surface area contributed by atoms with Gasteiger partial charge in [0.05, 0.1) is 12.8 Å². The van der Waals surface area contributed by atoms with E-state index in [1.165, 1.54) is 31.1 Å². The van der Waals surface area contributed by atoms with Gasteiger partial charge in [0.15, 0.2) is 11.6 Å². The molecule has 138 valence electrons. The number of rotatable bonds is 6. The molecule has 2 aromatic carbocycles. The lowest BCUT2D eigenvalue weighted by atomic mass is 10.2. The highest BCUT2D eigenvalue weighted by Crippen LogP contribution is 2.27. The van der Waals surface area contributed by atoms with E-state index in [-0.39, 0.29) is 24.6 Å². The zero-order chi connectivity index (χ0) is 19.3. The first-order valence-electron chi connectivity index (χ1n) is 7.68. The van der Waals surface area contributed by atoms with Crippen molar-refractivity contribution in [2.24, 2.45) is 0 Å². The molecular weight excluding hydrogens is 366 g/mol. The van der Waals surface area contributed by atoms with Crippen molar-refractivity contribution in [1.29, 1.82) is 0 Å². The highest BCUT2D eigenvalue weighted by Gasteiger charge is 2.16. The highest BCUT2D eigenvalue weighted by molar-refractivity contribution is 6.31. The Hall–Kier alpha value is -2.67. The van der Waals surface area contributed by atoms with Gasteiger partial charge in [0.25, 0.3) is 0 Å². The molecular formula is C18H17ClF2N2O3. The van der Waals surface area contributed by atoms with Crippen LogP contribution in [0.5, 0.6) is 5.75 Å². The fourth-order valence-electron chi connectivity index (χ4n) is 2.33. The molecule has 0 fully saturated rings. The molecule has 0 unspecified atom stereocenters. The van der Waals surface area contributed by atoms with Crippen molar-refractivity contribution in [3.63, 3.8) is 0 Å². The average molecular weight is 383 g/mol. The van der Waals surface area contributed by atoms with Crippen molar-refractivity contribution < 1.29 is 23.1 Å². The summed E-state index contributed by atoms with van der Waals surface area (Å²) in [6, 6.07) is 7.89. The average Bonchev–Trinajstić information content (AvgIpc) is 2.58. The number of methoxy groups -OCH3 is 1. The maximum absolute atomic E-state index is 13.4. The smallest absolute Gasteiger partial charge is 0.226 e. The predicted octanol–water partition coefficient (Wildman–Crippen LogP) is 4.01. The predicted molar refractivity (Wildman–Crippen MR) is 95.6 cm³/mol. The van der Waals surface area contributed by atoms with Gasteiger partial charge in [-0.05, 0) is 30.3 Å². The number of halogens is 3. The van der Waals surface area contributed by atoms with Gasteiger partial charge in [-0.25, -0.2) is 8.78 Å². The van der Waals surface area contributed by atoms with Crippen LogP contribution in [0.4, 0.5) is 20.2 Å². The molecule has 0 heterocycles. The lowest BCUT2D eigenvalue weighted by molar-refractivity contribution is -0.117. The van der Waals surface area contributed by atoms with Crippen molar-refractivity contribution in [2.75, 3.05) is 23.9 Å². The van der Waals surface area contributed by atoms with E-state index >= 15 is 0 Å². The van der Waals surface area contributed by atoms with E-state index in [1.54, 1.807) is 12.1 Å². The Labute approximate surface area is 154 Å². The molecule has 0 aromatic heterocycles. The van der Waals surface area contributed by atoms with Crippen LogP contribution in [0.3, 0.4) is 0 Å². The Kier molecular flexibility index (Phi) is 6.52. The summed E-state index contributed by atoms with van der Waals surface area (Å²) in [5, 5.41) is 3.07. The largest absolute Gasteiger partial charge is 0.495 e. The maximum Gasteiger partial charge on any atom is 0.226 e. The Morgan fingerprint density at radius 3 is 2.50 bits per heavy atom. The number of nitrogens with zero attached hydrogens (tertiary/aromatic N) is 1. The van der Waals surface area contributed by atoms with Gasteiger partial charge in [0.1, 0.15) is 5.75 Å². The van der Waals surface area contributed by atoms with E-state index in [0.717, 1.165) is 12.1 Å². The minimum atomic E-state index is -1.07. The maximum atomic E-state index is 13.4. The molecule has 0 bridgehead atoms. The van der Waals surface area contributed by atoms with Gasteiger partial charge in [-0.1, -0.05) is 11.6 Å². The summed E-state index contributed by atoms with van der Waals surface area (Å²) in [5.74, 6) is -2.43. The zero-order valence-corrected chi connectivity index (χ0v) is 14.9. The van der Waals surface area contributed by atoms with E-state index in [4.69, 9.17) is 16.3 Å². The number of benzene rings is 2. The van der Waals surface area contributed by atoms with Crippen LogP contribution in [-0.4, -0.2) is 25.5 Å². The summed E-state index contributed by atoms with van der Waals surface area (Å²) in [5.41, 5.74) is 0.566. The second-order valence-electron chi connectivity index (χ2n) is 5.41. The van der Waals surface area contributed by atoms with Crippen molar-refractivity contribution >= 4 is 34.8 Å². The molecule has 0 saturated carbocycles. The van der Waals surface area contributed by atoms with Crippen LogP contribution in [0.1, 0.15) is 13.3 Å². The number of nitrogens with one attached hydrogen (secondary N) is 1. The Morgan fingerprint density at radius 2 is 1.88 bits per heavy atom. The number of hydrogen-bond acceptors (Lipinski definition) is 3. The van der Waals surface area contributed by atoms with Crippen LogP contribution >= 0.6 is 11.6 Å². The molecule has 0 radical (unpaired) electrons. The SMILES string of the molecule is COc1ccc(Cl)cc1NC(=O)CCN(C(C)=O)c1ccc(F)c(F)c1. The van der Waals surface area contributed by atoms with E-state index in [0.29, 0.717) is 16.5 Å². The quantitative estimate of drug-likeness (QED) is 0.821. The fraction of sp³-hybridized carbons (Fsp3) is 0.222. The third kappa shape index (κ3) is 4.92. The molecule has 0 atom stereocenters. The van der Waals surface area contributed by atoms with Crippen LogP contribution in [0, 0.1) is 11.6 Å². The molecule has 26 heavy (non-hydrogen) atoms. The summed E-state index contributed by atoms with van der Waals surface area (Å²) < 4.78 is 31.6. The Morgan fingerprint density at radius 1 is 1.15 bits per heavy atom. The number of carbonyl (C=O) groups is 2. The molecule has 0 spiro atoms. The number of ether oxygens (including phenoxy) is 1. The third-order valence-electron chi connectivity index (χ3n) is 3.59. The summed E-state index contributed by atoms with van der Waals surface area (Å²) in [6.07, 6.45) is -0.0613. The van der Waals surface area contributed by atoms with Crippen LogP contribution in [0.2, 0.25) is 5.02 Å². The molecule has 1 N–H and O–H groups in total. The van der Waals surface area contributed by atoms with Crippen LogP contribution in [0.15, 0.2) is 36.4 Å². The van der Waals surface area contributed by atoms with E-state index in [9.17, 15) is 18.4 Å². The normalized spacial score (nSPS) is 10.3.